The lowest BCUT2D eigenvalue weighted by Crippen LogP contribution is -2.32. The lowest BCUT2D eigenvalue weighted by atomic mass is 10.0. The fraction of sp³-hybridized carbons (Fsp3) is 0.538. The number of carboxylic acids is 1. The van der Waals surface area contributed by atoms with Gasteiger partial charge in [-0.1, -0.05) is 6.07 Å². The number of nitrogens with zero attached hydrogens (tertiary/aromatic N) is 2. The van der Waals surface area contributed by atoms with Gasteiger partial charge in [0.15, 0.2) is 0 Å². The van der Waals surface area contributed by atoms with E-state index in [2.05, 4.69) is 9.88 Å². The van der Waals surface area contributed by atoms with Crippen molar-refractivity contribution in [2.24, 2.45) is 5.92 Å². The van der Waals surface area contributed by atoms with Crippen molar-refractivity contribution in [3.8, 4) is 5.88 Å². The summed E-state index contributed by atoms with van der Waals surface area (Å²) in [6.45, 7) is 3.45. The van der Waals surface area contributed by atoms with Crippen molar-refractivity contribution in [3.63, 3.8) is 0 Å². The van der Waals surface area contributed by atoms with Crippen molar-refractivity contribution in [2.45, 2.75) is 25.9 Å². The second kappa shape index (κ2) is 5.35. The number of carbonyl (C=O) groups is 1. The minimum atomic E-state index is -0.705. The summed E-state index contributed by atoms with van der Waals surface area (Å²) >= 11 is 0. The summed E-state index contributed by atoms with van der Waals surface area (Å²) < 4.78 is 5.21. The smallest absolute Gasteiger partial charge is 0.308 e. The van der Waals surface area contributed by atoms with Gasteiger partial charge >= 0.3 is 5.97 Å². The molecule has 1 aliphatic rings. The number of carboxylic acid groups (broad SMARTS) is 1. The summed E-state index contributed by atoms with van der Waals surface area (Å²) in [7, 11) is 1.60. The van der Waals surface area contributed by atoms with Crippen molar-refractivity contribution >= 4 is 5.97 Å². The molecule has 1 saturated heterocycles. The van der Waals surface area contributed by atoms with Crippen LogP contribution >= 0.6 is 0 Å². The summed E-state index contributed by atoms with van der Waals surface area (Å²) in [5.74, 6) is -0.362. The molecule has 5 heteroatoms. The fourth-order valence-corrected chi connectivity index (χ4v) is 2.50. The van der Waals surface area contributed by atoms with Crippen molar-refractivity contribution in [1.82, 2.24) is 9.88 Å². The SMILES string of the molecule is COc1ncccc1CN1CCC(C(=O)O)C1C. The Morgan fingerprint density at radius 2 is 2.44 bits per heavy atom. The van der Waals surface area contributed by atoms with E-state index in [-0.39, 0.29) is 12.0 Å². The Kier molecular flexibility index (Phi) is 3.81. The van der Waals surface area contributed by atoms with E-state index in [1.165, 1.54) is 0 Å². The molecule has 0 amide bonds. The van der Waals surface area contributed by atoms with Gasteiger partial charge in [0.25, 0.3) is 0 Å². The fourth-order valence-electron chi connectivity index (χ4n) is 2.50. The molecule has 5 nitrogen and oxygen atoms in total. The third-order valence-corrected chi connectivity index (χ3v) is 3.62. The summed E-state index contributed by atoms with van der Waals surface area (Å²) in [5.41, 5.74) is 0.998. The molecule has 2 rings (SSSR count). The van der Waals surface area contributed by atoms with Gasteiger partial charge in [0.1, 0.15) is 0 Å². The topological polar surface area (TPSA) is 62.7 Å². The van der Waals surface area contributed by atoms with Crippen LogP contribution in [0.15, 0.2) is 18.3 Å². The van der Waals surface area contributed by atoms with Gasteiger partial charge in [-0.3, -0.25) is 9.69 Å². The Bertz CT molecular complexity index is 436. The highest BCUT2D eigenvalue weighted by Crippen LogP contribution is 2.27. The van der Waals surface area contributed by atoms with Gasteiger partial charge in [0.05, 0.1) is 13.0 Å². The van der Waals surface area contributed by atoms with Crippen LogP contribution in [0.4, 0.5) is 0 Å². The minimum absolute atomic E-state index is 0.0485. The molecule has 1 N–H and O–H groups in total. The summed E-state index contributed by atoms with van der Waals surface area (Å²) in [5, 5.41) is 9.10. The molecule has 0 spiro atoms. The molecule has 2 heterocycles. The van der Waals surface area contributed by atoms with Crippen LogP contribution < -0.4 is 4.74 Å². The standard InChI is InChI=1S/C13H18N2O3/c1-9-11(13(16)17)5-7-15(9)8-10-4-3-6-14-12(10)18-2/h3-4,6,9,11H,5,7-8H2,1-2H3,(H,16,17). The van der Waals surface area contributed by atoms with Crippen LogP contribution in [0, 0.1) is 5.92 Å². The van der Waals surface area contributed by atoms with Gasteiger partial charge in [0.2, 0.25) is 5.88 Å². The van der Waals surface area contributed by atoms with Crippen LogP contribution in [-0.2, 0) is 11.3 Å². The van der Waals surface area contributed by atoms with Gasteiger partial charge in [-0.2, -0.15) is 0 Å². The summed E-state index contributed by atoms with van der Waals surface area (Å²) in [6.07, 6.45) is 2.40. The predicted molar refractivity (Wildman–Crippen MR) is 66.4 cm³/mol. The van der Waals surface area contributed by atoms with Gasteiger partial charge in [-0.25, -0.2) is 4.98 Å². The Morgan fingerprint density at radius 1 is 1.67 bits per heavy atom. The zero-order valence-electron chi connectivity index (χ0n) is 10.7. The van der Waals surface area contributed by atoms with Crippen molar-refractivity contribution < 1.29 is 14.6 Å². The molecule has 0 radical (unpaired) electrons. The van der Waals surface area contributed by atoms with E-state index in [1.807, 2.05) is 19.1 Å². The van der Waals surface area contributed by atoms with Gasteiger partial charge in [-0.05, 0) is 26.0 Å². The third-order valence-electron chi connectivity index (χ3n) is 3.62. The largest absolute Gasteiger partial charge is 0.481 e. The number of rotatable bonds is 4. The number of methoxy groups -OCH3 is 1. The highest BCUT2D eigenvalue weighted by molar-refractivity contribution is 5.71. The maximum Gasteiger partial charge on any atom is 0.308 e. The summed E-state index contributed by atoms with van der Waals surface area (Å²) in [4.78, 5) is 17.4. The number of aromatic nitrogens is 1. The Hall–Kier alpha value is -1.62. The predicted octanol–water partition coefficient (Wildman–Crippen LogP) is 1.39. The molecule has 1 aliphatic heterocycles. The van der Waals surface area contributed by atoms with E-state index in [0.29, 0.717) is 18.8 Å². The average molecular weight is 250 g/mol. The van der Waals surface area contributed by atoms with Crippen molar-refractivity contribution in [2.75, 3.05) is 13.7 Å². The highest BCUT2D eigenvalue weighted by Gasteiger charge is 2.35. The summed E-state index contributed by atoms with van der Waals surface area (Å²) in [6, 6.07) is 3.88. The molecule has 2 unspecified atom stereocenters. The van der Waals surface area contributed by atoms with Crippen LogP contribution in [0.2, 0.25) is 0 Å². The Morgan fingerprint density at radius 3 is 3.06 bits per heavy atom. The van der Waals surface area contributed by atoms with E-state index in [4.69, 9.17) is 9.84 Å². The maximum atomic E-state index is 11.1. The van der Waals surface area contributed by atoms with Crippen LogP contribution in [0.1, 0.15) is 18.9 Å². The second-order valence-electron chi connectivity index (χ2n) is 4.62. The molecular weight excluding hydrogens is 232 g/mol. The molecular formula is C13H18N2O3. The first-order valence-corrected chi connectivity index (χ1v) is 6.08. The number of hydrogen-bond acceptors (Lipinski definition) is 4. The number of hydrogen-bond donors (Lipinski definition) is 1. The van der Waals surface area contributed by atoms with Gasteiger partial charge < -0.3 is 9.84 Å². The minimum Gasteiger partial charge on any atom is -0.481 e. The van der Waals surface area contributed by atoms with Crippen LogP contribution in [-0.4, -0.2) is 40.7 Å². The first-order chi connectivity index (χ1) is 8.63. The molecule has 0 bridgehead atoms. The van der Waals surface area contributed by atoms with Gasteiger partial charge in [0, 0.05) is 24.3 Å². The number of likely N-dealkylation sites (tertiary alicyclic amines) is 1. The molecule has 0 aliphatic carbocycles. The molecule has 0 saturated carbocycles. The van der Waals surface area contributed by atoms with Gasteiger partial charge in [-0.15, -0.1) is 0 Å². The van der Waals surface area contributed by atoms with Crippen LogP contribution in [0.25, 0.3) is 0 Å². The lowest BCUT2D eigenvalue weighted by Gasteiger charge is -2.23. The van der Waals surface area contributed by atoms with E-state index < -0.39 is 5.97 Å². The third kappa shape index (κ3) is 2.46. The first-order valence-electron chi connectivity index (χ1n) is 6.08. The number of aliphatic carboxylic acids is 1. The molecule has 2 atom stereocenters. The molecule has 1 aromatic rings. The first kappa shape index (κ1) is 12.8. The van der Waals surface area contributed by atoms with E-state index in [1.54, 1.807) is 13.3 Å². The molecule has 1 fully saturated rings. The number of ether oxygens (including phenoxy) is 1. The van der Waals surface area contributed by atoms with E-state index >= 15 is 0 Å². The molecule has 18 heavy (non-hydrogen) atoms. The monoisotopic (exact) mass is 250 g/mol. The number of pyridine rings is 1. The zero-order chi connectivity index (χ0) is 13.1. The Labute approximate surface area is 106 Å². The lowest BCUT2D eigenvalue weighted by molar-refractivity contribution is -0.142. The molecule has 1 aromatic heterocycles. The average Bonchev–Trinajstić information content (AvgIpc) is 2.72. The van der Waals surface area contributed by atoms with Crippen LogP contribution in [0.3, 0.4) is 0 Å². The normalized spacial score (nSPS) is 24.1. The Balaban J connectivity index is 2.09. The van der Waals surface area contributed by atoms with E-state index in [0.717, 1.165) is 12.1 Å². The quantitative estimate of drug-likeness (QED) is 0.874. The maximum absolute atomic E-state index is 11.1. The van der Waals surface area contributed by atoms with Crippen molar-refractivity contribution in [3.05, 3.63) is 23.9 Å². The van der Waals surface area contributed by atoms with Crippen molar-refractivity contribution in [1.29, 1.82) is 0 Å². The van der Waals surface area contributed by atoms with Crippen LogP contribution in [0.5, 0.6) is 5.88 Å². The van der Waals surface area contributed by atoms with E-state index in [9.17, 15) is 4.79 Å². The highest BCUT2D eigenvalue weighted by atomic mass is 16.5. The zero-order valence-corrected chi connectivity index (χ0v) is 10.7. The molecule has 0 aromatic carbocycles. The second-order valence-corrected chi connectivity index (χ2v) is 4.62. The molecule has 98 valence electrons.